The summed E-state index contributed by atoms with van der Waals surface area (Å²) in [5.74, 6) is 0. The number of hydrogen-bond donors (Lipinski definition) is 0. The fourth-order valence-electron chi connectivity index (χ4n) is 1.41. The molecule has 3 heteroatoms. The largest absolute Gasteiger partial charge is 0.469 e. The Labute approximate surface area is 78.0 Å². The molecule has 2 heterocycles. The van der Waals surface area contributed by atoms with Crippen molar-refractivity contribution in [3.8, 4) is 0 Å². The monoisotopic (exact) mass is 182 g/mol. The molecule has 0 bridgehead atoms. The van der Waals surface area contributed by atoms with Crippen LogP contribution in [-0.2, 0) is 14.2 Å². The van der Waals surface area contributed by atoms with Gasteiger partial charge in [-0.2, -0.15) is 0 Å². The zero-order chi connectivity index (χ0) is 8.93. The van der Waals surface area contributed by atoms with Crippen LogP contribution < -0.4 is 0 Å². The Hall–Kier alpha value is -0.800. The number of allylic oxidation sites excluding steroid dienone is 2. The Morgan fingerprint density at radius 1 is 1.23 bits per heavy atom. The summed E-state index contributed by atoms with van der Waals surface area (Å²) in [6.07, 6.45) is 10.2. The van der Waals surface area contributed by atoms with Crippen molar-refractivity contribution in [3.05, 3.63) is 24.5 Å². The van der Waals surface area contributed by atoms with Crippen LogP contribution in [0.25, 0.3) is 0 Å². The van der Waals surface area contributed by atoms with Gasteiger partial charge in [0.25, 0.3) is 0 Å². The first-order chi connectivity index (χ1) is 6.45. The van der Waals surface area contributed by atoms with Gasteiger partial charge in [-0.3, -0.25) is 0 Å². The Kier molecular flexibility index (Phi) is 3.00. The highest BCUT2D eigenvalue weighted by molar-refractivity contribution is 5.05. The first-order valence-electron chi connectivity index (χ1n) is 4.71. The summed E-state index contributed by atoms with van der Waals surface area (Å²) in [6, 6.07) is 0. The summed E-state index contributed by atoms with van der Waals surface area (Å²) in [5.41, 5.74) is 0. The molecule has 13 heavy (non-hydrogen) atoms. The normalized spacial score (nSPS) is 32.9. The Bertz CT molecular complexity index is 204. The van der Waals surface area contributed by atoms with Crippen molar-refractivity contribution in [1.82, 2.24) is 0 Å². The van der Waals surface area contributed by atoms with Crippen molar-refractivity contribution in [2.45, 2.75) is 31.8 Å². The molecule has 2 aliphatic rings. The molecule has 2 rings (SSSR count). The van der Waals surface area contributed by atoms with E-state index in [9.17, 15) is 0 Å². The van der Waals surface area contributed by atoms with Crippen LogP contribution in [0, 0.1) is 0 Å². The van der Waals surface area contributed by atoms with E-state index in [-0.39, 0.29) is 12.6 Å². The maximum Gasteiger partial charge on any atom is 0.221 e. The van der Waals surface area contributed by atoms with Gasteiger partial charge in [-0.1, -0.05) is 6.08 Å². The van der Waals surface area contributed by atoms with E-state index >= 15 is 0 Å². The molecule has 0 amide bonds. The third-order valence-corrected chi connectivity index (χ3v) is 2.09. The molecule has 1 saturated heterocycles. The van der Waals surface area contributed by atoms with Crippen LogP contribution >= 0.6 is 0 Å². The van der Waals surface area contributed by atoms with Gasteiger partial charge in [0.1, 0.15) is 0 Å². The van der Waals surface area contributed by atoms with Gasteiger partial charge in [0.2, 0.25) is 6.29 Å². The summed E-state index contributed by atoms with van der Waals surface area (Å²) in [6.45, 7) is 0.803. The van der Waals surface area contributed by atoms with Crippen molar-refractivity contribution >= 4 is 0 Å². The second-order valence-electron chi connectivity index (χ2n) is 3.15. The molecule has 0 aliphatic carbocycles. The minimum atomic E-state index is -0.270. The highest BCUT2D eigenvalue weighted by Crippen LogP contribution is 2.17. The van der Waals surface area contributed by atoms with E-state index in [0.29, 0.717) is 0 Å². The van der Waals surface area contributed by atoms with Crippen molar-refractivity contribution in [1.29, 1.82) is 0 Å². The van der Waals surface area contributed by atoms with E-state index in [4.69, 9.17) is 14.2 Å². The maximum absolute atomic E-state index is 5.55. The predicted octanol–water partition coefficient (Wildman–Crippen LogP) is 1.96. The maximum atomic E-state index is 5.55. The van der Waals surface area contributed by atoms with Gasteiger partial charge < -0.3 is 14.2 Å². The van der Waals surface area contributed by atoms with Crippen LogP contribution in [0.5, 0.6) is 0 Å². The van der Waals surface area contributed by atoms with Gasteiger partial charge in [0, 0.05) is 6.61 Å². The number of rotatable bonds is 2. The lowest BCUT2D eigenvalue weighted by molar-refractivity contribution is -0.226. The molecule has 0 N–H and O–H groups in total. The van der Waals surface area contributed by atoms with Gasteiger partial charge in [-0.25, -0.2) is 0 Å². The Morgan fingerprint density at radius 2 is 2.23 bits per heavy atom. The SMILES string of the molecule is C1=COC(OC2CCCCO2)C=C1. The van der Waals surface area contributed by atoms with Gasteiger partial charge in [-0.15, -0.1) is 0 Å². The van der Waals surface area contributed by atoms with Crippen LogP contribution in [0.1, 0.15) is 19.3 Å². The standard InChI is InChI=1S/C10H14O3/c1-3-7-11-9(5-1)13-10-6-2-4-8-12-10/h1,3,5,7,9-10H,2,4,6,8H2. The molecule has 0 aromatic heterocycles. The second kappa shape index (κ2) is 4.44. The number of hydrogen-bond acceptors (Lipinski definition) is 3. The zero-order valence-electron chi connectivity index (χ0n) is 7.52. The lowest BCUT2D eigenvalue weighted by Crippen LogP contribution is -2.28. The minimum Gasteiger partial charge on any atom is -0.469 e. The lowest BCUT2D eigenvalue weighted by Gasteiger charge is -2.26. The average molecular weight is 182 g/mol. The van der Waals surface area contributed by atoms with E-state index < -0.39 is 0 Å². The van der Waals surface area contributed by atoms with Crippen molar-refractivity contribution < 1.29 is 14.2 Å². The molecule has 2 unspecified atom stereocenters. The summed E-state index contributed by atoms with van der Waals surface area (Å²) >= 11 is 0. The van der Waals surface area contributed by atoms with Crippen LogP contribution in [0.15, 0.2) is 24.5 Å². The van der Waals surface area contributed by atoms with Crippen LogP contribution in [-0.4, -0.2) is 19.2 Å². The molecule has 0 spiro atoms. The average Bonchev–Trinajstić information content (AvgIpc) is 2.21. The highest BCUT2D eigenvalue weighted by atomic mass is 16.8. The topological polar surface area (TPSA) is 27.7 Å². The van der Waals surface area contributed by atoms with Crippen molar-refractivity contribution in [3.63, 3.8) is 0 Å². The predicted molar refractivity (Wildman–Crippen MR) is 47.8 cm³/mol. The smallest absolute Gasteiger partial charge is 0.221 e. The van der Waals surface area contributed by atoms with Gasteiger partial charge in [0.05, 0.1) is 6.26 Å². The first-order valence-corrected chi connectivity index (χ1v) is 4.71. The van der Waals surface area contributed by atoms with E-state index in [1.807, 2.05) is 18.2 Å². The molecule has 3 nitrogen and oxygen atoms in total. The second-order valence-corrected chi connectivity index (χ2v) is 3.15. The van der Waals surface area contributed by atoms with E-state index in [0.717, 1.165) is 19.4 Å². The third-order valence-electron chi connectivity index (χ3n) is 2.09. The zero-order valence-corrected chi connectivity index (χ0v) is 7.52. The van der Waals surface area contributed by atoms with E-state index in [2.05, 4.69) is 0 Å². The fourth-order valence-corrected chi connectivity index (χ4v) is 1.41. The fraction of sp³-hybridized carbons (Fsp3) is 0.600. The molecule has 2 atom stereocenters. The summed E-state index contributed by atoms with van der Waals surface area (Å²) in [5, 5.41) is 0. The molecule has 72 valence electrons. The van der Waals surface area contributed by atoms with Crippen LogP contribution in [0.2, 0.25) is 0 Å². The quantitative estimate of drug-likeness (QED) is 0.653. The van der Waals surface area contributed by atoms with Crippen LogP contribution in [0.3, 0.4) is 0 Å². The molecule has 0 aromatic rings. The van der Waals surface area contributed by atoms with Crippen LogP contribution in [0.4, 0.5) is 0 Å². The lowest BCUT2D eigenvalue weighted by atomic mass is 10.2. The minimum absolute atomic E-state index is 0.0881. The summed E-state index contributed by atoms with van der Waals surface area (Å²) < 4.78 is 16.2. The summed E-state index contributed by atoms with van der Waals surface area (Å²) in [4.78, 5) is 0. The molecule has 2 aliphatic heterocycles. The summed E-state index contributed by atoms with van der Waals surface area (Å²) in [7, 11) is 0. The van der Waals surface area contributed by atoms with Gasteiger partial charge in [0.15, 0.2) is 6.29 Å². The third kappa shape index (κ3) is 2.57. The highest BCUT2D eigenvalue weighted by Gasteiger charge is 2.18. The molecule has 0 saturated carbocycles. The van der Waals surface area contributed by atoms with Gasteiger partial charge >= 0.3 is 0 Å². The molecule has 0 radical (unpaired) electrons. The Balaban J connectivity index is 1.76. The number of ether oxygens (including phenoxy) is 3. The van der Waals surface area contributed by atoms with Crippen molar-refractivity contribution in [2.24, 2.45) is 0 Å². The van der Waals surface area contributed by atoms with Gasteiger partial charge in [-0.05, 0) is 31.4 Å². The first kappa shape index (κ1) is 8.78. The van der Waals surface area contributed by atoms with E-state index in [1.54, 1.807) is 6.26 Å². The van der Waals surface area contributed by atoms with Crippen molar-refractivity contribution in [2.75, 3.05) is 6.61 Å². The molecular weight excluding hydrogens is 168 g/mol. The molecular formula is C10H14O3. The molecule has 0 aromatic carbocycles. The Morgan fingerprint density at radius 3 is 2.92 bits per heavy atom. The van der Waals surface area contributed by atoms with E-state index in [1.165, 1.54) is 6.42 Å². The molecule has 1 fully saturated rings.